The van der Waals surface area contributed by atoms with E-state index in [-0.39, 0.29) is 16.6 Å². The molecule has 0 aliphatic heterocycles. The van der Waals surface area contributed by atoms with Crippen LogP contribution in [0.5, 0.6) is 0 Å². The van der Waals surface area contributed by atoms with Crippen molar-refractivity contribution in [3.05, 3.63) is 52.3 Å². The van der Waals surface area contributed by atoms with Crippen LogP contribution in [0.25, 0.3) is 0 Å². The summed E-state index contributed by atoms with van der Waals surface area (Å²) in [6.07, 6.45) is 2.75. The lowest BCUT2D eigenvalue weighted by Gasteiger charge is -2.29. The van der Waals surface area contributed by atoms with Gasteiger partial charge < -0.3 is 5.32 Å². The van der Waals surface area contributed by atoms with Gasteiger partial charge in [0, 0.05) is 18.8 Å². The second-order valence-electron chi connectivity index (χ2n) is 7.12. The number of amides is 1. The van der Waals surface area contributed by atoms with E-state index in [0.717, 1.165) is 56.0 Å². The molecule has 1 aromatic carbocycles. The number of halogens is 4. The summed E-state index contributed by atoms with van der Waals surface area (Å²) in [5, 5.41) is 7.14. The van der Waals surface area contributed by atoms with Gasteiger partial charge in [-0.3, -0.25) is 9.48 Å². The molecule has 1 aromatic heterocycles. The van der Waals surface area contributed by atoms with Crippen LogP contribution in [0, 0.1) is 12.8 Å². The zero-order valence-corrected chi connectivity index (χ0v) is 15.6. The molecule has 0 spiro atoms. The van der Waals surface area contributed by atoms with Gasteiger partial charge >= 0.3 is 6.18 Å². The fraction of sp³-hybridized carbons (Fsp3) is 0.474. The van der Waals surface area contributed by atoms with E-state index in [2.05, 4.69) is 10.4 Å². The van der Waals surface area contributed by atoms with E-state index in [0.29, 0.717) is 5.92 Å². The Morgan fingerprint density at radius 3 is 2.59 bits per heavy atom. The number of nitrogens with one attached hydrogen (secondary N) is 1. The lowest BCUT2D eigenvalue weighted by atomic mass is 9.86. The molecule has 1 fully saturated rings. The molecule has 1 amide bonds. The number of nitrogens with zero attached hydrogens (tertiary/aromatic N) is 2. The molecule has 1 aliphatic carbocycles. The maximum Gasteiger partial charge on any atom is 0.416 e. The van der Waals surface area contributed by atoms with Crippen molar-refractivity contribution in [2.24, 2.45) is 5.92 Å². The van der Waals surface area contributed by atoms with Crippen molar-refractivity contribution >= 4 is 17.5 Å². The van der Waals surface area contributed by atoms with Gasteiger partial charge in [0.1, 0.15) is 0 Å². The fourth-order valence-corrected chi connectivity index (χ4v) is 3.66. The largest absolute Gasteiger partial charge is 0.416 e. The van der Waals surface area contributed by atoms with Crippen molar-refractivity contribution in [2.45, 2.75) is 51.4 Å². The summed E-state index contributed by atoms with van der Waals surface area (Å²) < 4.78 is 40.5. The maximum atomic E-state index is 12.9. The molecule has 8 heteroatoms. The summed E-state index contributed by atoms with van der Waals surface area (Å²) in [5.41, 5.74) is 0.102. The van der Waals surface area contributed by atoms with Crippen molar-refractivity contribution in [1.29, 1.82) is 0 Å². The average Bonchev–Trinajstić information content (AvgIpc) is 3.01. The van der Waals surface area contributed by atoms with Crippen molar-refractivity contribution in [3.63, 3.8) is 0 Å². The van der Waals surface area contributed by atoms with Crippen LogP contribution >= 0.6 is 11.6 Å². The summed E-state index contributed by atoms with van der Waals surface area (Å²) in [6, 6.07) is 2.74. The average molecular weight is 400 g/mol. The summed E-state index contributed by atoms with van der Waals surface area (Å²) >= 11 is 5.94. The highest BCUT2D eigenvalue weighted by Gasteiger charge is 2.32. The zero-order chi connectivity index (χ0) is 19.6. The van der Waals surface area contributed by atoms with Gasteiger partial charge in [0.2, 0.25) is 0 Å². The van der Waals surface area contributed by atoms with Gasteiger partial charge in [-0.15, -0.1) is 0 Å². The molecule has 3 rings (SSSR count). The molecular formula is C19H21ClF3N3O. The van der Waals surface area contributed by atoms with Crippen molar-refractivity contribution in [1.82, 2.24) is 15.1 Å². The highest BCUT2D eigenvalue weighted by Crippen LogP contribution is 2.32. The van der Waals surface area contributed by atoms with E-state index in [9.17, 15) is 18.0 Å². The van der Waals surface area contributed by atoms with Gasteiger partial charge in [-0.1, -0.05) is 11.6 Å². The van der Waals surface area contributed by atoms with E-state index >= 15 is 0 Å². The van der Waals surface area contributed by atoms with Crippen LogP contribution in [0.1, 0.15) is 47.2 Å². The van der Waals surface area contributed by atoms with Crippen LogP contribution in [0.4, 0.5) is 13.2 Å². The van der Waals surface area contributed by atoms with E-state index in [4.69, 9.17) is 11.6 Å². The number of benzene rings is 1. The third-order valence-electron chi connectivity index (χ3n) is 4.93. The van der Waals surface area contributed by atoms with Crippen LogP contribution < -0.4 is 5.32 Å². The lowest BCUT2D eigenvalue weighted by Crippen LogP contribution is -2.38. The van der Waals surface area contributed by atoms with Gasteiger partial charge in [0.15, 0.2) is 0 Å². The van der Waals surface area contributed by atoms with Gasteiger partial charge in [-0.25, -0.2) is 0 Å². The number of carbonyl (C=O) groups excluding carboxylic acids is 1. The molecule has 1 N–H and O–H groups in total. The predicted octanol–water partition coefficient (Wildman–Crippen LogP) is 4.85. The first-order chi connectivity index (χ1) is 12.7. The number of hydrogen-bond acceptors (Lipinski definition) is 2. The minimum atomic E-state index is -4.51. The Kier molecular flexibility index (Phi) is 5.79. The van der Waals surface area contributed by atoms with Crippen molar-refractivity contribution < 1.29 is 18.0 Å². The molecule has 0 atom stereocenters. The molecule has 2 aromatic rings. The van der Waals surface area contributed by atoms with E-state index in [1.54, 1.807) is 0 Å². The third kappa shape index (κ3) is 5.03. The Hall–Kier alpha value is -2.02. The molecule has 1 heterocycles. The number of aromatic nitrogens is 2. The van der Waals surface area contributed by atoms with Crippen LogP contribution in [0.2, 0.25) is 5.02 Å². The number of alkyl halides is 3. The highest BCUT2D eigenvalue weighted by atomic mass is 35.5. The first-order valence-electron chi connectivity index (χ1n) is 8.89. The monoisotopic (exact) mass is 399 g/mol. The number of aryl methyl sites for hydroxylation is 1. The Morgan fingerprint density at radius 1 is 1.30 bits per heavy atom. The molecule has 0 unspecified atom stereocenters. The van der Waals surface area contributed by atoms with Crippen LogP contribution in [0.3, 0.4) is 0 Å². The normalized spacial score (nSPS) is 20.5. The van der Waals surface area contributed by atoms with E-state index in [1.807, 2.05) is 24.0 Å². The number of hydrogen-bond donors (Lipinski definition) is 1. The SMILES string of the molecule is Cc1cnn(C[C@H]2CC[C@H](NC(=O)c3cc(C(F)(F)F)ccc3Cl)CC2)c1. The van der Waals surface area contributed by atoms with Crippen molar-refractivity contribution in [3.8, 4) is 0 Å². The molecule has 146 valence electrons. The summed E-state index contributed by atoms with van der Waals surface area (Å²) in [7, 11) is 0. The summed E-state index contributed by atoms with van der Waals surface area (Å²) in [6.45, 7) is 2.84. The molecule has 0 radical (unpaired) electrons. The Balaban J connectivity index is 1.56. The summed E-state index contributed by atoms with van der Waals surface area (Å²) in [4.78, 5) is 12.4. The van der Waals surface area contributed by atoms with Crippen LogP contribution in [-0.4, -0.2) is 21.7 Å². The second-order valence-corrected chi connectivity index (χ2v) is 7.53. The van der Waals surface area contributed by atoms with Crippen LogP contribution in [0.15, 0.2) is 30.6 Å². The smallest absolute Gasteiger partial charge is 0.349 e. The van der Waals surface area contributed by atoms with E-state index < -0.39 is 17.6 Å². The predicted molar refractivity (Wildman–Crippen MR) is 96.6 cm³/mol. The van der Waals surface area contributed by atoms with Gasteiger partial charge in [-0.2, -0.15) is 18.3 Å². The molecule has 0 bridgehead atoms. The third-order valence-corrected chi connectivity index (χ3v) is 5.26. The zero-order valence-electron chi connectivity index (χ0n) is 14.9. The standard InChI is InChI=1S/C19H21ClF3N3O/c1-12-9-24-26(10-12)11-13-2-5-15(6-3-13)25-18(27)16-8-14(19(21,22)23)4-7-17(16)20/h4,7-10,13,15H,2-3,5-6,11H2,1H3,(H,25,27)/t13-,15-. The topological polar surface area (TPSA) is 46.9 Å². The maximum absolute atomic E-state index is 12.9. The highest BCUT2D eigenvalue weighted by molar-refractivity contribution is 6.33. The minimum Gasteiger partial charge on any atom is -0.349 e. The van der Waals surface area contributed by atoms with Crippen LogP contribution in [-0.2, 0) is 12.7 Å². The Morgan fingerprint density at radius 2 is 2.00 bits per heavy atom. The number of carbonyl (C=O) groups is 1. The molecule has 1 saturated carbocycles. The van der Waals surface area contributed by atoms with Gasteiger partial charge in [-0.05, 0) is 62.3 Å². The van der Waals surface area contributed by atoms with Gasteiger partial charge in [0.05, 0.1) is 22.3 Å². The Labute approximate surface area is 160 Å². The fourth-order valence-electron chi connectivity index (χ4n) is 3.46. The van der Waals surface area contributed by atoms with Gasteiger partial charge in [0.25, 0.3) is 5.91 Å². The molecule has 1 aliphatic rings. The first kappa shape index (κ1) is 19.7. The lowest BCUT2D eigenvalue weighted by molar-refractivity contribution is -0.137. The molecular weight excluding hydrogens is 379 g/mol. The second kappa shape index (κ2) is 7.92. The molecule has 27 heavy (non-hydrogen) atoms. The van der Waals surface area contributed by atoms with E-state index in [1.165, 1.54) is 0 Å². The quantitative estimate of drug-likeness (QED) is 0.798. The number of rotatable bonds is 4. The molecule has 0 saturated heterocycles. The minimum absolute atomic E-state index is 0.0169. The Bertz CT molecular complexity index is 811. The summed E-state index contributed by atoms with van der Waals surface area (Å²) in [5.74, 6) is -0.0770. The van der Waals surface area contributed by atoms with Crippen molar-refractivity contribution in [2.75, 3.05) is 0 Å². The molecule has 4 nitrogen and oxygen atoms in total. The first-order valence-corrected chi connectivity index (χ1v) is 9.27.